The maximum absolute atomic E-state index is 13.2. The molecule has 0 spiro atoms. The van der Waals surface area contributed by atoms with E-state index in [1.54, 1.807) is 26.0 Å². The summed E-state index contributed by atoms with van der Waals surface area (Å²) in [5.41, 5.74) is 1.36. The number of aromatic hydroxyl groups is 1. The molecule has 0 radical (unpaired) electrons. The first-order valence-corrected chi connectivity index (χ1v) is 10.1. The van der Waals surface area contributed by atoms with Crippen LogP contribution in [0.2, 0.25) is 0 Å². The Labute approximate surface area is 153 Å². The third-order valence-electron chi connectivity index (χ3n) is 4.08. The molecule has 1 aromatic carbocycles. The van der Waals surface area contributed by atoms with Gasteiger partial charge in [-0.2, -0.15) is 0 Å². The smallest absolute Gasteiger partial charge is 0.383 e. The third-order valence-corrected chi connectivity index (χ3v) is 6.57. The van der Waals surface area contributed by atoms with Crippen molar-refractivity contribution in [2.24, 2.45) is 0 Å². The number of ether oxygens (including phenoxy) is 1. The molecule has 0 bridgehead atoms. The number of phenolic OH excluding ortho intramolecular Hbond substituents is 1. The number of hydrogen-bond acceptors (Lipinski definition) is 7. The average Bonchev–Trinajstić information content (AvgIpc) is 2.63. The molecular weight excluding hydrogens is 355 g/mol. The zero-order chi connectivity index (χ0) is 19.3. The average molecular weight is 380 g/mol. The van der Waals surface area contributed by atoms with Crippen molar-refractivity contribution in [2.45, 2.75) is 39.8 Å². The van der Waals surface area contributed by atoms with E-state index in [4.69, 9.17) is 13.8 Å². The molecule has 1 aromatic heterocycles. The Morgan fingerprint density at radius 1 is 1.23 bits per heavy atom. The van der Waals surface area contributed by atoms with E-state index in [9.17, 15) is 9.67 Å². The number of aromatic nitrogens is 2. The number of methoxy groups -OCH3 is 1. The van der Waals surface area contributed by atoms with E-state index in [1.807, 2.05) is 13.8 Å². The molecule has 2 atom stereocenters. The van der Waals surface area contributed by atoms with Gasteiger partial charge in [-0.15, -0.1) is 0 Å². The highest BCUT2D eigenvalue weighted by Gasteiger charge is 2.34. The minimum Gasteiger partial charge on any atom is -0.504 e. The highest BCUT2D eigenvalue weighted by Crippen LogP contribution is 2.54. The van der Waals surface area contributed by atoms with Crippen LogP contribution in [0.4, 0.5) is 0 Å². The van der Waals surface area contributed by atoms with Gasteiger partial charge in [-0.25, -0.2) is 14.5 Å². The van der Waals surface area contributed by atoms with E-state index in [1.165, 1.54) is 19.5 Å². The molecule has 26 heavy (non-hydrogen) atoms. The molecule has 7 nitrogen and oxygen atoms in total. The monoisotopic (exact) mass is 380 g/mol. The van der Waals surface area contributed by atoms with Crippen LogP contribution in [0.3, 0.4) is 0 Å². The number of phenols is 1. The van der Waals surface area contributed by atoms with Gasteiger partial charge in [0.05, 0.1) is 19.4 Å². The van der Waals surface area contributed by atoms with E-state index in [0.717, 1.165) is 0 Å². The van der Waals surface area contributed by atoms with Crippen LogP contribution in [0.15, 0.2) is 24.5 Å². The highest BCUT2D eigenvalue weighted by atomic mass is 31.2. The van der Waals surface area contributed by atoms with Crippen molar-refractivity contribution in [3.8, 4) is 28.6 Å². The van der Waals surface area contributed by atoms with Gasteiger partial charge >= 0.3 is 7.60 Å². The van der Waals surface area contributed by atoms with Crippen molar-refractivity contribution in [3.63, 3.8) is 0 Å². The summed E-state index contributed by atoms with van der Waals surface area (Å²) in [5, 5.41) is 10.0. The molecular formula is C18H25N2O5P. The van der Waals surface area contributed by atoms with Crippen LogP contribution in [0.5, 0.6) is 17.4 Å². The Balaban J connectivity index is 2.52. The standard InChI is InChI=1S/C18H25N2O5P/c1-6-13(4)26(22,24-7-2)25-18-16(19-8-9-20-18)14-10-12(3)17(21)15(11-14)23-5/h8-11,13,21H,6-7H2,1-5H3. The summed E-state index contributed by atoms with van der Waals surface area (Å²) in [6, 6.07) is 3.37. The normalized spacial score (nSPS) is 14.5. The molecule has 8 heteroatoms. The second-order valence-corrected chi connectivity index (χ2v) is 8.26. The van der Waals surface area contributed by atoms with Crippen molar-refractivity contribution in [2.75, 3.05) is 13.7 Å². The molecule has 0 aliphatic rings. The fourth-order valence-electron chi connectivity index (χ4n) is 2.40. The largest absolute Gasteiger partial charge is 0.504 e. The maximum atomic E-state index is 13.2. The number of rotatable bonds is 8. The Morgan fingerprint density at radius 2 is 1.92 bits per heavy atom. The quantitative estimate of drug-likeness (QED) is 0.671. The van der Waals surface area contributed by atoms with Gasteiger partial charge in [-0.1, -0.05) is 6.92 Å². The Hall–Kier alpha value is -2.11. The Morgan fingerprint density at radius 3 is 2.54 bits per heavy atom. The predicted molar refractivity (Wildman–Crippen MR) is 100 cm³/mol. The van der Waals surface area contributed by atoms with Crippen LogP contribution < -0.4 is 9.26 Å². The molecule has 2 rings (SSSR count). The summed E-state index contributed by atoms with van der Waals surface area (Å²) in [6.07, 6.45) is 3.63. The van der Waals surface area contributed by atoms with Gasteiger partial charge in [0.15, 0.2) is 11.5 Å². The molecule has 2 unspecified atom stereocenters. The van der Waals surface area contributed by atoms with Gasteiger partial charge in [0, 0.05) is 18.0 Å². The van der Waals surface area contributed by atoms with Gasteiger partial charge in [0.25, 0.3) is 0 Å². The number of aryl methyl sites for hydroxylation is 1. The molecule has 1 N–H and O–H groups in total. The first-order chi connectivity index (χ1) is 12.4. The molecule has 0 fully saturated rings. The lowest BCUT2D eigenvalue weighted by Gasteiger charge is -2.23. The van der Waals surface area contributed by atoms with Crippen LogP contribution in [-0.4, -0.2) is 34.5 Å². The predicted octanol–water partition coefficient (Wildman–Crippen LogP) is 4.57. The minimum absolute atomic E-state index is 0.0576. The third kappa shape index (κ3) is 4.17. The van der Waals surface area contributed by atoms with Gasteiger partial charge in [-0.3, -0.25) is 4.52 Å². The fraction of sp³-hybridized carbons (Fsp3) is 0.444. The van der Waals surface area contributed by atoms with E-state index >= 15 is 0 Å². The zero-order valence-electron chi connectivity index (χ0n) is 15.7. The van der Waals surface area contributed by atoms with Crippen molar-refractivity contribution in [1.29, 1.82) is 0 Å². The van der Waals surface area contributed by atoms with E-state index in [0.29, 0.717) is 29.0 Å². The Bertz CT molecular complexity index is 812. The van der Waals surface area contributed by atoms with Crippen LogP contribution >= 0.6 is 7.60 Å². The lowest BCUT2D eigenvalue weighted by molar-refractivity contribution is 0.268. The van der Waals surface area contributed by atoms with Gasteiger partial charge in [0.2, 0.25) is 5.88 Å². The van der Waals surface area contributed by atoms with Crippen molar-refractivity contribution < 1.29 is 23.5 Å². The molecule has 142 valence electrons. The second-order valence-electron chi connectivity index (χ2n) is 5.86. The topological polar surface area (TPSA) is 90.8 Å². The zero-order valence-corrected chi connectivity index (χ0v) is 16.6. The van der Waals surface area contributed by atoms with Crippen LogP contribution in [0.25, 0.3) is 11.3 Å². The number of benzene rings is 1. The molecule has 2 aromatic rings. The second kappa shape index (κ2) is 8.52. The van der Waals surface area contributed by atoms with Gasteiger partial charge < -0.3 is 14.4 Å². The van der Waals surface area contributed by atoms with E-state index < -0.39 is 7.60 Å². The molecule has 0 amide bonds. The summed E-state index contributed by atoms with van der Waals surface area (Å²) in [7, 11) is -1.93. The first kappa shape index (κ1) is 20.2. The lowest BCUT2D eigenvalue weighted by atomic mass is 10.1. The van der Waals surface area contributed by atoms with Gasteiger partial charge in [-0.05, 0) is 44.9 Å². The first-order valence-electron chi connectivity index (χ1n) is 8.49. The van der Waals surface area contributed by atoms with Crippen LogP contribution in [0, 0.1) is 6.92 Å². The molecule has 0 saturated carbocycles. The van der Waals surface area contributed by atoms with Crippen LogP contribution in [-0.2, 0) is 9.09 Å². The molecule has 0 aliphatic carbocycles. The van der Waals surface area contributed by atoms with E-state index in [2.05, 4.69) is 9.97 Å². The maximum Gasteiger partial charge on any atom is 0.383 e. The SMILES string of the molecule is CCOP(=O)(Oc1nccnc1-c1cc(C)c(O)c(OC)c1)C(C)CC. The minimum atomic E-state index is -3.40. The lowest BCUT2D eigenvalue weighted by Crippen LogP contribution is -2.12. The van der Waals surface area contributed by atoms with E-state index in [-0.39, 0.29) is 23.9 Å². The number of nitrogens with zero attached hydrogens (tertiary/aromatic N) is 2. The summed E-state index contributed by atoms with van der Waals surface area (Å²) in [6.45, 7) is 7.53. The summed E-state index contributed by atoms with van der Waals surface area (Å²) in [5.74, 6) is 0.491. The van der Waals surface area contributed by atoms with Gasteiger partial charge in [0.1, 0.15) is 5.69 Å². The summed E-state index contributed by atoms with van der Waals surface area (Å²) in [4.78, 5) is 8.53. The molecule has 0 aliphatic heterocycles. The molecule has 0 saturated heterocycles. The van der Waals surface area contributed by atoms with Crippen LogP contribution in [0.1, 0.15) is 32.8 Å². The van der Waals surface area contributed by atoms with Crippen molar-refractivity contribution in [3.05, 3.63) is 30.1 Å². The summed E-state index contributed by atoms with van der Waals surface area (Å²) >= 11 is 0. The summed E-state index contributed by atoms with van der Waals surface area (Å²) < 4.78 is 29.6. The van der Waals surface area contributed by atoms with Crippen molar-refractivity contribution in [1.82, 2.24) is 9.97 Å². The fourth-order valence-corrected chi connectivity index (χ4v) is 4.07. The molecule has 1 heterocycles. The number of hydrogen-bond donors (Lipinski definition) is 1. The highest BCUT2D eigenvalue weighted by molar-refractivity contribution is 7.55. The van der Waals surface area contributed by atoms with Crippen molar-refractivity contribution >= 4 is 7.60 Å². The Kier molecular flexibility index (Phi) is 6.62.